The largest absolute Gasteiger partial charge is 0.353 e. The molecule has 0 saturated heterocycles. The summed E-state index contributed by atoms with van der Waals surface area (Å²) in [5.41, 5.74) is 2.94. The molecule has 1 aliphatic rings. The SMILES string of the molecule is CCN(CC)c1nc(NN)nc(NCC2(CC)CCC2)n1. The van der Waals surface area contributed by atoms with E-state index in [1.165, 1.54) is 25.7 Å². The van der Waals surface area contributed by atoms with E-state index in [-0.39, 0.29) is 0 Å². The number of nitrogens with zero attached hydrogens (tertiary/aromatic N) is 4. The van der Waals surface area contributed by atoms with E-state index < -0.39 is 0 Å². The van der Waals surface area contributed by atoms with Crippen LogP contribution in [0.1, 0.15) is 46.5 Å². The lowest BCUT2D eigenvalue weighted by molar-refractivity contribution is 0.144. The number of nitrogens with one attached hydrogen (secondary N) is 2. The minimum atomic E-state index is 0.397. The number of nitrogens with two attached hydrogens (primary N) is 1. The molecule has 0 aliphatic heterocycles. The van der Waals surface area contributed by atoms with Crippen LogP contribution in [0.3, 0.4) is 0 Å². The Morgan fingerprint density at radius 1 is 1.10 bits per heavy atom. The summed E-state index contributed by atoms with van der Waals surface area (Å²) in [5.74, 6) is 7.12. The first-order valence-corrected chi connectivity index (χ1v) is 7.88. The van der Waals surface area contributed by atoms with Gasteiger partial charge in [0.2, 0.25) is 17.8 Å². The Hall–Kier alpha value is -1.63. The van der Waals surface area contributed by atoms with Crippen molar-refractivity contribution in [1.29, 1.82) is 0 Å². The molecule has 4 N–H and O–H groups in total. The van der Waals surface area contributed by atoms with Crippen LogP contribution in [0.15, 0.2) is 0 Å². The monoisotopic (exact) mass is 293 g/mol. The Morgan fingerprint density at radius 3 is 2.24 bits per heavy atom. The maximum atomic E-state index is 5.47. The zero-order valence-electron chi connectivity index (χ0n) is 13.3. The molecule has 0 spiro atoms. The first-order valence-electron chi connectivity index (χ1n) is 7.88. The van der Waals surface area contributed by atoms with E-state index in [2.05, 4.69) is 51.4 Å². The molecule has 0 amide bonds. The topological polar surface area (TPSA) is 92.0 Å². The highest BCUT2D eigenvalue weighted by Gasteiger charge is 2.34. The fourth-order valence-electron chi connectivity index (χ4n) is 2.75. The number of hydrogen-bond acceptors (Lipinski definition) is 7. The van der Waals surface area contributed by atoms with Crippen molar-refractivity contribution in [2.24, 2.45) is 11.3 Å². The molecule has 2 rings (SSSR count). The van der Waals surface area contributed by atoms with Gasteiger partial charge in [0.15, 0.2) is 0 Å². The van der Waals surface area contributed by atoms with Gasteiger partial charge in [0, 0.05) is 19.6 Å². The number of hydrogen-bond donors (Lipinski definition) is 3. The quantitative estimate of drug-likeness (QED) is 0.498. The minimum Gasteiger partial charge on any atom is -0.353 e. The highest BCUT2D eigenvalue weighted by molar-refractivity contribution is 5.43. The van der Waals surface area contributed by atoms with Crippen molar-refractivity contribution in [3.05, 3.63) is 0 Å². The van der Waals surface area contributed by atoms with Crippen molar-refractivity contribution in [3.63, 3.8) is 0 Å². The standard InChI is InChI=1S/C14H27N7/c1-4-14(8-7-9-14)10-16-11-17-12(20-15)19-13(18-11)21(5-2)6-3/h4-10,15H2,1-3H3,(H2,16,17,18,19,20). The summed E-state index contributed by atoms with van der Waals surface area (Å²) in [6, 6.07) is 0. The second kappa shape index (κ2) is 6.89. The molecule has 1 fully saturated rings. The van der Waals surface area contributed by atoms with E-state index >= 15 is 0 Å². The van der Waals surface area contributed by atoms with E-state index in [0.29, 0.717) is 23.3 Å². The van der Waals surface area contributed by atoms with Crippen LogP contribution in [0.4, 0.5) is 17.8 Å². The van der Waals surface area contributed by atoms with Crippen LogP contribution in [-0.4, -0.2) is 34.6 Å². The van der Waals surface area contributed by atoms with Crippen molar-refractivity contribution in [1.82, 2.24) is 15.0 Å². The number of nitrogen functional groups attached to an aromatic ring is 1. The molecule has 0 unspecified atom stereocenters. The second-order valence-corrected chi connectivity index (χ2v) is 5.66. The van der Waals surface area contributed by atoms with Gasteiger partial charge in [-0.1, -0.05) is 13.3 Å². The molecule has 1 aromatic heterocycles. The van der Waals surface area contributed by atoms with Crippen molar-refractivity contribution in [2.45, 2.75) is 46.5 Å². The van der Waals surface area contributed by atoms with Gasteiger partial charge in [0.05, 0.1) is 0 Å². The van der Waals surface area contributed by atoms with Crippen LogP contribution >= 0.6 is 0 Å². The van der Waals surface area contributed by atoms with Gasteiger partial charge >= 0.3 is 0 Å². The molecule has 0 aromatic carbocycles. The van der Waals surface area contributed by atoms with E-state index in [0.717, 1.165) is 19.6 Å². The highest BCUT2D eigenvalue weighted by atomic mass is 15.4. The first kappa shape index (κ1) is 15.8. The summed E-state index contributed by atoms with van der Waals surface area (Å²) in [4.78, 5) is 15.2. The summed E-state index contributed by atoms with van der Waals surface area (Å²) in [5, 5.41) is 3.37. The lowest BCUT2D eigenvalue weighted by atomic mass is 9.67. The average molecular weight is 293 g/mol. The molecule has 1 aliphatic carbocycles. The van der Waals surface area contributed by atoms with Crippen LogP contribution < -0.4 is 21.5 Å². The van der Waals surface area contributed by atoms with E-state index in [4.69, 9.17) is 5.84 Å². The summed E-state index contributed by atoms with van der Waals surface area (Å²) in [6.07, 6.45) is 5.09. The van der Waals surface area contributed by atoms with Crippen LogP contribution in [0, 0.1) is 5.41 Å². The molecule has 0 atom stereocenters. The lowest BCUT2D eigenvalue weighted by Gasteiger charge is -2.41. The maximum absolute atomic E-state index is 5.47. The molecule has 7 nitrogen and oxygen atoms in total. The van der Waals surface area contributed by atoms with Gasteiger partial charge in [-0.15, -0.1) is 0 Å². The van der Waals surface area contributed by atoms with E-state index in [1.807, 2.05) is 0 Å². The number of hydrazine groups is 1. The molecule has 1 aromatic rings. The average Bonchev–Trinajstić information content (AvgIpc) is 2.47. The fraction of sp³-hybridized carbons (Fsp3) is 0.786. The van der Waals surface area contributed by atoms with Gasteiger partial charge in [0.1, 0.15) is 0 Å². The number of anilines is 3. The van der Waals surface area contributed by atoms with E-state index in [9.17, 15) is 0 Å². The Kier molecular flexibility index (Phi) is 5.17. The molecule has 1 heterocycles. The Labute approximate surface area is 126 Å². The lowest BCUT2D eigenvalue weighted by Crippen LogP contribution is -2.36. The third-order valence-electron chi connectivity index (χ3n) is 4.58. The molecule has 1 saturated carbocycles. The number of aromatic nitrogens is 3. The van der Waals surface area contributed by atoms with Gasteiger partial charge in [-0.25, -0.2) is 5.84 Å². The zero-order chi connectivity index (χ0) is 15.3. The third-order valence-corrected chi connectivity index (χ3v) is 4.58. The van der Waals surface area contributed by atoms with E-state index in [1.54, 1.807) is 0 Å². The van der Waals surface area contributed by atoms with Crippen molar-refractivity contribution < 1.29 is 0 Å². The minimum absolute atomic E-state index is 0.397. The molecular formula is C14H27N7. The summed E-state index contributed by atoms with van der Waals surface area (Å²) < 4.78 is 0. The Morgan fingerprint density at radius 2 is 1.76 bits per heavy atom. The zero-order valence-corrected chi connectivity index (χ0v) is 13.3. The fourth-order valence-corrected chi connectivity index (χ4v) is 2.75. The van der Waals surface area contributed by atoms with Gasteiger partial charge in [-0.3, -0.25) is 5.43 Å². The van der Waals surface area contributed by atoms with Crippen LogP contribution in [-0.2, 0) is 0 Å². The third kappa shape index (κ3) is 3.53. The molecule has 0 bridgehead atoms. The molecule has 118 valence electrons. The van der Waals surface area contributed by atoms with Crippen LogP contribution in [0.25, 0.3) is 0 Å². The van der Waals surface area contributed by atoms with Crippen LogP contribution in [0.5, 0.6) is 0 Å². The van der Waals surface area contributed by atoms with Gasteiger partial charge < -0.3 is 10.2 Å². The molecule has 7 heteroatoms. The van der Waals surface area contributed by atoms with Gasteiger partial charge in [-0.2, -0.15) is 15.0 Å². The molecule has 0 radical (unpaired) electrons. The predicted molar refractivity (Wildman–Crippen MR) is 86.3 cm³/mol. The summed E-state index contributed by atoms with van der Waals surface area (Å²) in [7, 11) is 0. The molecule has 21 heavy (non-hydrogen) atoms. The molecular weight excluding hydrogens is 266 g/mol. The first-order chi connectivity index (χ1) is 10.2. The second-order valence-electron chi connectivity index (χ2n) is 5.66. The van der Waals surface area contributed by atoms with Crippen molar-refractivity contribution in [3.8, 4) is 0 Å². The Balaban J connectivity index is 2.12. The number of rotatable bonds is 8. The summed E-state index contributed by atoms with van der Waals surface area (Å²) in [6.45, 7) is 9.02. The maximum Gasteiger partial charge on any atom is 0.243 e. The normalized spacial score (nSPS) is 16.2. The van der Waals surface area contributed by atoms with Crippen molar-refractivity contribution in [2.75, 3.05) is 35.3 Å². The van der Waals surface area contributed by atoms with Gasteiger partial charge in [-0.05, 0) is 38.5 Å². The van der Waals surface area contributed by atoms with Crippen molar-refractivity contribution >= 4 is 17.8 Å². The highest BCUT2D eigenvalue weighted by Crippen LogP contribution is 2.43. The Bertz CT molecular complexity index is 449. The summed E-state index contributed by atoms with van der Waals surface area (Å²) >= 11 is 0. The van der Waals surface area contributed by atoms with Crippen LogP contribution in [0.2, 0.25) is 0 Å². The smallest absolute Gasteiger partial charge is 0.243 e. The predicted octanol–water partition coefficient (Wildman–Crippen LogP) is 2.00. The van der Waals surface area contributed by atoms with Gasteiger partial charge in [0.25, 0.3) is 0 Å².